The van der Waals surface area contributed by atoms with Gasteiger partial charge < -0.3 is 10.2 Å². The van der Waals surface area contributed by atoms with E-state index < -0.39 is 23.7 Å². The lowest BCUT2D eigenvalue weighted by atomic mass is 10.0. The maximum atomic E-state index is 12.9. The Bertz CT molecular complexity index is 893. The molecule has 1 heterocycles. The first-order chi connectivity index (χ1) is 13.2. The zero-order valence-corrected chi connectivity index (χ0v) is 15.6. The molecule has 7 heteroatoms. The zero-order chi connectivity index (χ0) is 20.5. The van der Waals surface area contributed by atoms with Crippen LogP contribution in [0.25, 0.3) is 0 Å². The van der Waals surface area contributed by atoms with E-state index in [-0.39, 0.29) is 18.4 Å². The number of nitrogens with one attached hydrogen (secondary N) is 1. The Labute approximate surface area is 161 Å². The molecule has 2 amide bonds. The summed E-state index contributed by atoms with van der Waals surface area (Å²) in [5.74, 6) is -0.447. The molecule has 2 aromatic rings. The van der Waals surface area contributed by atoms with Crippen molar-refractivity contribution in [2.24, 2.45) is 5.92 Å². The molecular formula is C21H21F3N2O2. The SMILES string of the molecule is CC(C)CN1C(=O)c2ccccc2C1C(=O)NCc1cccc(C(F)(F)F)c1. The van der Waals surface area contributed by atoms with Crippen molar-refractivity contribution < 1.29 is 22.8 Å². The summed E-state index contributed by atoms with van der Waals surface area (Å²) in [6, 6.07) is 11.0. The molecule has 1 atom stereocenters. The highest BCUT2D eigenvalue weighted by molar-refractivity contribution is 6.04. The number of carbonyl (C=O) groups excluding carboxylic acids is 2. The number of hydrogen-bond donors (Lipinski definition) is 1. The predicted octanol–water partition coefficient (Wildman–Crippen LogP) is 4.17. The minimum atomic E-state index is -4.44. The van der Waals surface area contributed by atoms with Gasteiger partial charge in [-0.05, 0) is 35.2 Å². The fourth-order valence-corrected chi connectivity index (χ4v) is 3.38. The summed E-state index contributed by atoms with van der Waals surface area (Å²) in [7, 11) is 0. The van der Waals surface area contributed by atoms with Gasteiger partial charge in [0.1, 0.15) is 6.04 Å². The van der Waals surface area contributed by atoms with Crippen LogP contribution in [0.15, 0.2) is 48.5 Å². The number of benzene rings is 2. The van der Waals surface area contributed by atoms with Gasteiger partial charge in [-0.15, -0.1) is 0 Å². The maximum absolute atomic E-state index is 12.9. The highest BCUT2D eigenvalue weighted by Gasteiger charge is 2.40. The Morgan fingerprint density at radius 3 is 2.54 bits per heavy atom. The smallest absolute Gasteiger partial charge is 0.350 e. The van der Waals surface area contributed by atoms with Crippen LogP contribution in [-0.4, -0.2) is 23.3 Å². The molecule has 1 N–H and O–H groups in total. The quantitative estimate of drug-likeness (QED) is 0.833. The van der Waals surface area contributed by atoms with Gasteiger partial charge in [0.25, 0.3) is 5.91 Å². The lowest BCUT2D eigenvalue weighted by Crippen LogP contribution is -2.40. The summed E-state index contributed by atoms with van der Waals surface area (Å²) >= 11 is 0. The van der Waals surface area contributed by atoms with E-state index in [9.17, 15) is 22.8 Å². The molecule has 0 saturated carbocycles. The van der Waals surface area contributed by atoms with Crippen molar-refractivity contribution >= 4 is 11.8 Å². The van der Waals surface area contributed by atoms with Gasteiger partial charge in [0, 0.05) is 18.7 Å². The Morgan fingerprint density at radius 1 is 1.14 bits per heavy atom. The van der Waals surface area contributed by atoms with Crippen LogP contribution in [0.1, 0.15) is 46.9 Å². The molecule has 28 heavy (non-hydrogen) atoms. The molecule has 0 aromatic heterocycles. The molecule has 0 saturated heterocycles. The Balaban J connectivity index is 1.80. The molecule has 1 aliphatic heterocycles. The predicted molar refractivity (Wildman–Crippen MR) is 98.3 cm³/mol. The van der Waals surface area contributed by atoms with Crippen LogP contribution >= 0.6 is 0 Å². The van der Waals surface area contributed by atoms with Gasteiger partial charge in [-0.25, -0.2) is 0 Å². The van der Waals surface area contributed by atoms with Gasteiger partial charge >= 0.3 is 6.18 Å². The third kappa shape index (κ3) is 4.03. The molecule has 0 spiro atoms. The van der Waals surface area contributed by atoms with Crippen molar-refractivity contribution in [3.63, 3.8) is 0 Å². The van der Waals surface area contributed by atoms with E-state index >= 15 is 0 Å². The fraction of sp³-hybridized carbons (Fsp3) is 0.333. The van der Waals surface area contributed by atoms with Gasteiger partial charge in [0.15, 0.2) is 0 Å². The largest absolute Gasteiger partial charge is 0.416 e. The molecule has 4 nitrogen and oxygen atoms in total. The van der Waals surface area contributed by atoms with Crippen LogP contribution in [0.2, 0.25) is 0 Å². The number of fused-ring (bicyclic) bond motifs is 1. The van der Waals surface area contributed by atoms with Gasteiger partial charge in [-0.1, -0.05) is 44.2 Å². The summed E-state index contributed by atoms with van der Waals surface area (Å²) in [6.07, 6.45) is -4.44. The molecule has 1 unspecified atom stereocenters. The van der Waals surface area contributed by atoms with E-state index in [1.165, 1.54) is 17.0 Å². The fourth-order valence-electron chi connectivity index (χ4n) is 3.38. The normalized spacial score (nSPS) is 16.4. The molecule has 0 radical (unpaired) electrons. The van der Waals surface area contributed by atoms with Crippen LogP contribution in [0.3, 0.4) is 0 Å². The van der Waals surface area contributed by atoms with E-state index in [0.29, 0.717) is 23.2 Å². The average Bonchev–Trinajstić information content (AvgIpc) is 2.91. The van der Waals surface area contributed by atoms with Crippen molar-refractivity contribution in [1.82, 2.24) is 10.2 Å². The second-order valence-corrected chi connectivity index (χ2v) is 7.26. The number of carbonyl (C=O) groups is 2. The summed E-state index contributed by atoms with van der Waals surface area (Å²) in [4.78, 5) is 27.1. The summed E-state index contributed by atoms with van der Waals surface area (Å²) in [6.45, 7) is 4.27. The molecule has 1 aliphatic rings. The molecule has 2 aromatic carbocycles. The monoisotopic (exact) mass is 390 g/mol. The highest BCUT2D eigenvalue weighted by Crippen LogP contribution is 2.34. The maximum Gasteiger partial charge on any atom is 0.416 e. The summed E-state index contributed by atoms with van der Waals surface area (Å²) in [5, 5.41) is 2.68. The van der Waals surface area contributed by atoms with Crippen LogP contribution in [0, 0.1) is 5.92 Å². The number of halogens is 3. The number of rotatable bonds is 5. The molecule has 3 rings (SSSR count). The van der Waals surface area contributed by atoms with Crippen LogP contribution in [-0.2, 0) is 17.5 Å². The minimum absolute atomic E-state index is 0.0505. The first-order valence-electron chi connectivity index (χ1n) is 9.02. The number of hydrogen-bond acceptors (Lipinski definition) is 2. The van der Waals surface area contributed by atoms with E-state index in [0.717, 1.165) is 12.1 Å². The summed E-state index contributed by atoms with van der Waals surface area (Å²) < 4.78 is 38.6. The van der Waals surface area contributed by atoms with Crippen molar-refractivity contribution in [1.29, 1.82) is 0 Å². The second kappa shape index (κ2) is 7.66. The van der Waals surface area contributed by atoms with Gasteiger partial charge in [0.05, 0.1) is 5.56 Å². The standard InChI is InChI=1S/C21H21F3N2O2/c1-13(2)12-26-18(16-8-3-4-9-17(16)20(26)28)19(27)25-11-14-6-5-7-15(10-14)21(22,23)24/h3-10,13,18H,11-12H2,1-2H3,(H,25,27). The summed E-state index contributed by atoms with van der Waals surface area (Å²) in [5.41, 5.74) is 0.690. The Morgan fingerprint density at radius 2 is 1.86 bits per heavy atom. The first kappa shape index (κ1) is 19.9. The average molecular weight is 390 g/mol. The molecular weight excluding hydrogens is 369 g/mol. The van der Waals surface area contributed by atoms with Crippen LogP contribution in [0.5, 0.6) is 0 Å². The van der Waals surface area contributed by atoms with Crippen molar-refractivity contribution in [2.75, 3.05) is 6.54 Å². The van der Waals surface area contributed by atoms with Gasteiger partial charge in [-0.2, -0.15) is 13.2 Å². The van der Waals surface area contributed by atoms with Crippen LogP contribution < -0.4 is 5.32 Å². The van der Waals surface area contributed by atoms with E-state index in [1.54, 1.807) is 24.3 Å². The van der Waals surface area contributed by atoms with E-state index in [4.69, 9.17) is 0 Å². The lowest BCUT2D eigenvalue weighted by Gasteiger charge is -2.26. The van der Waals surface area contributed by atoms with E-state index in [1.807, 2.05) is 13.8 Å². The topological polar surface area (TPSA) is 49.4 Å². The third-order valence-corrected chi connectivity index (χ3v) is 4.59. The molecule has 0 aliphatic carbocycles. The number of alkyl halides is 3. The second-order valence-electron chi connectivity index (χ2n) is 7.26. The van der Waals surface area contributed by atoms with Crippen molar-refractivity contribution in [2.45, 2.75) is 32.6 Å². The van der Waals surface area contributed by atoms with Crippen LogP contribution in [0.4, 0.5) is 13.2 Å². The highest BCUT2D eigenvalue weighted by atomic mass is 19.4. The zero-order valence-electron chi connectivity index (χ0n) is 15.6. The van der Waals surface area contributed by atoms with E-state index in [2.05, 4.69) is 5.32 Å². The Hall–Kier alpha value is -2.83. The Kier molecular flexibility index (Phi) is 5.45. The van der Waals surface area contributed by atoms with Gasteiger partial charge in [-0.3, -0.25) is 9.59 Å². The number of amides is 2. The van der Waals surface area contributed by atoms with Gasteiger partial charge in [0.2, 0.25) is 5.91 Å². The minimum Gasteiger partial charge on any atom is -0.350 e. The van der Waals surface area contributed by atoms with Crippen molar-refractivity contribution in [3.05, 3.63) is 70.8 Å². The lowest BCUT2D eigenvalue weighted by molar-refractivity contribution is -0.137. The molecule has 0 fully saturated rings. The molecule has 148 valence electrons. The van der Waals surface area contributed by atoms with Crippen molar-refractivity contribution in [3.8, 4) is 0 Å². The first-order valence-corrected chi connectivity index (χ1v) is 9.02. The number of nitrogens with zero attached hydrogens (tertiary/aromatic N) is 1. The third-order valence-electron chi connectivity index (χ3n) is 4.59. The molecule has 0 bridgehead atoms.